The third-order valence-corrected chi connectivity index (χ3v) is 14.1. The second-order valence-electron chi connectivity index (χ2n) is 3.09. The van der Waals surface area contributed by atoms with Gasteiger partial charge in [-0.05, 0) is 25.7 Å². The molecule has 78 valence electrons. The summed E-state index contributed by atoms with van der Waals surface area (Å²) in [5, 5.41) is 0. The Balaban J connectivity index is 2.48. The van der Waals surface area contributed by atoms with Crippen LogP contribution in [0.3, 0.4) is 0 Å². The Kier molecular flexibility index (Phi) is 5.03. The summed E-state index contributed by atoms with van der Waals surface area (Å²) in [7, 11) is -5.72. The second kappa shape index (κ2) is 5.55. The summed E-state index contributed by atoms with van der Waals surface area (Å²) in [5.74, 6) is 0. The minimum Gasteiger partial charge on any atom is -0.420 e. The van der Waals surface area contributed by atoms with Crippen LogP contribution >= 0.6 is 0 Å². The average Bonchev–Trinajstić information content (AvgIpc) is 1.99. The molecule has 0 aliphatic carbocycles. The first-order chi connectivity index (χ1) is 6.11. The van der Waals surface area contributed by atoms with Crippen LogP contribution in [-0.4, -0.2) is 37.1 Å². The highest BCUT2D eigenvalue weighted by atomic mass is 28.5. The Hall–Kier alpha value is 0.708. The molecule has 2 atom stereocenters. The van der Waals surface area contributed by atoms with Gasteiger partial charge in [-0.25, -0.2) is 0 Å². The van der Waals surface area contributed by atoms with Gasteiger partial charge in [0.2, 0.25) is 0 Å². The molecule has 1 heterocycles. The van der Waals surface area contributed by atoms with E-state index >= 15 is 0 Å². The lowest BCUT2D eigenvalue weighted by Gasteiger charge is -2.30. The van der Waals surface area contributed by atoms with Crippen LogP contribution in [0.5, 0.6) is 0 Å². The van der Waals surface area contributed by atoms with Crippen LogP contribution in [0.1, 0.15) is 6.92 Å². The van der Waals surface area contributed by atoms with Gasteiger partial charge < -0.3 is 16.5 Å². The zero-order valence-electron chi connectivity index (χ0n) is 8.65. The van der Waals surface area contributed by atoms with Crippen molar-refractivity contribution in [1.29, 1.82) is 0 Å². The molecule has 0 spiro atoms. The molecule has 0 amide bonds. The van der Waals surface area contributed by atoms with Gasteiger partial charge in [0.25, 0.3) is 27.9 Å². The lowest BCUT2D eigenvalue weighted by Crippen LogP contribution is -2.45. The first-order valence-corrected chi connectivity index (χ1v) is 12.8. The van der Waals surface area contributed by atoms with E-state index < -0.39 is 37.1 Å². The lowest BCUT2D eigenvalue weighted by molar-refractivity contribution is 0.291. The smallest absolute Gasteiger partial charge is 0.303 e. The van der Waals surface area contributed by atoms with Crippen molar-refractivity contribution in [3.05, 3.63) is 0 Å². The normalized spacial score (nSPS) is 42.5. The summed E-state index contributed by atoms with van der Waals surface area (Å²) >= 11 is 0. The van der Waals surface area contributed by atoms with Gasteiger partial charge in [0.15, 0.2) is 0 Å². The highest BCUT2D eigenvalue weighted by Crippen LogP contribution is 2.09. The summed E-state index contributed by atoms with van der Waals surface area (Å²) in [5.41, 5.74) is 0. The minimum atomic E-state index is -1.43. The van der Waals surface area contributed by atoms with Crippen molar-refractivity contribution in [3.63, 3.8) is 0 Å². The van der Waals surface area contributed by atoms with Gasteiger partial charge in [-0.1, -0.05) is 6.92 Å². The Bertz CT molecular complexity index is 145. The zero-order valence-corrected chi connectivity index (χ0v) is 13.3. The molecule has 0 aromatic carbocycles. The topological polar surface area (TPSA) is 36.9 Å². The minimum absolute atomic E-state index is 1.01. The molecule has 1 aliphatic heterocycles. The van der Waals surface area contributed by atoms with Crippen molar-refractivity contribution < 1.29 is 16.5 Å². The standard InChI is InChI=1S/C5H18O4Si4/c1-5-13-8-11(3)6-10(2)7-12(4)9-13/h10-13H,5H2,1-4H3. The van der Waals surface area contributed by atoms with E-state index in [1.807, 2.05) is 6.55 Å². The Morgan fingerprint density at radius 1 is 0.769 bits per heavy atom. The summed E-state index contributed by atoms with van der Waals surface area (Å²) in [6, 6.07) is 1.01. The maximum Gasteiger partial charge on any atom is 0.303 e. The van der Waals surface area contributed by atoms with Crippen LogP contribution in [0.2, 0.25) is 25.7 Å². The highest BCUT2D eigenvalue weighted by Gasteiger charge is 2.27. The van der Waals surface area contributed by atoms with Gasteiger partial charge in [-0.2, -0.15) is 0 Å². The molecule has 2 unspecified atom stereocenters. The second-order valence-corrected chi connectivity index (χ2v) is 12.5. The zero-order chi connectivity index (χ0) is 9.84. The van der Waals surface area contributed by atoms with E-state index in [9.17, 15) is 0 Å². The van der Waals surface area contributed by atoms with E-state index in [0.717, 1.165) is 6.04 Å². The maximum absolute atomic E-state index is 5.80. The first-order valence-electron chi connectivity index (χ1n) is 4.73. The number of hydrogen-bond acceptors (Lipinski definition) is 4. The summed E-state index contributed by atoms with van der Waals surface area (Å²) in [6.45, 7) is 8.28. The van der Waals surface area contributed by atoms with Crippen molar-refractivity contribution in [1.82, 2.24) is 0 Å². The monoisotopic (exact) mass is 254 g/mol. The predicted octanol–water partition coefficient (Wildman–Crippen LogP) is -0.142. The van der Waals surface area contributed by atoms with Crippen LogP contribution in [-0.2, 0) is 16.5 Å². The van der Waals surface area contributed by atoms with E-state index in [-0.39, 0.29) is 0 Å². The molecule has 1 rings (SSSR count). The van der Waals surface area contributed by atoms with Crippen LogP contribution in [0.25, 0.3) is 0 Å². The molecular weight excluding hydrogens is 236 g/mol. The van der Waals surface area contributed by atoms with Gasteiger partial charge in [-0.3, -0.25) is 0 Å². The SMILES string of the molecule is CC[SiH]1O[SiH](C)O[SiH](C)O[SiH](C)O1. The summed E-state index contributed by atoms with van der Waals surface area (Å²) < 4.78 is 23.0. The van der Waals surface area contributed by atoms with Gasteiger partial charge in [0.05, 0.1) is 0 Å². The van der Waals surface area contributed by atoms with E-state index in [2.05, 4.69) is 20.0 Å². The molecule has 0 N–H and O–H groups in total. The van der Waals surface area contributed by atoms with Gasteiger partial charge in [0, 0.05) is 0 Å². The Morgan fingerprint density at radius 3 is 1.54 bits per heavy atom. The molecule has 1 aliphatic rings. The molecule has 0 aromatic heterocycles. The third kappa shape index (κ3) is 4.16. The summed E-state index contributed by atoms with van der Waals surface area (Å²) in [6.07, 6.45) is 0. The molecule has 13 heavy (non-hydrogen) atoms. The fourth-order valence-electron chi connectivity index (χ4n) is 1.29. The molecule has 1 saturated heterocycles. The van der Waals surface area contributed by atoms with Crippen LogP contribution < -0.4 is 0 Å². The van der Waals surface area contributed by atoms with Crippen LogP contribution in [0, 0.1) is 0 Å². The predicted molar refractivity (Wildman–Crippen MR) is 61.0 cm³/mol. The molecule has 0 saturated carbocycles. The Labute approximate surface area is 86.5 Å². The molecule has 1 fully saturated rings. The maximum atomic E-state index is 5.80. The van der Waals surface area contributed by atoms with Crippen molar-refractivity contribution >= 4 is 37.1 Å². The van der Waals surface area contributed by atoms with Gasteiger partial charge in [-0.15, -0.1) is 0 Å². The quantitative estimate of drug-likeness (QED) is 0.610. The van der Waals surface area contributed by atoms with Crippen molar-refractivity contribution in [2.24, 2.45) is 0 Å². The van der Waals surface area contributed by atoms with E-state index in [4.69, 9.17) is 16.5 Å². The van der Waals surface area contributed by atoms with Gasteiger partial charge in [0.1, 0.15) is 0 Å². The molecule has 0 aromatic rings. The molecule has 0 radical (unpaired) electrons. The summed E-state index contributed by atoms with van der Waals surface area (Å²) in [4.78, 5) is 0. The number of hydrogen-bond donors (Lipinski definition) is 0. The third-order valence-electron chi connectivity index (χ3n) is 1.79. The van der Waals surface area contributed by atoms with E-state index in [0.29, 0.717) is 0 Å². The molecule has 8 heteroatoms. The molecular formula is C5H18O4Si4. The molecule has 4 nitrogen and oxygen atoms in total. The highest BCUT2D eigenvalue weighted by molar-refractivity contribution is 6.72. The van der Waals surface area contributed by atoms with Crippen molar-refractivity contribution in [3.8, 4) is 0 Å². The average molecular weight is 255 g/mol. The van der Waals surface area contributed by atoms with Gasteiger partial charge >= 0.3 is 9.28 Å². The fraction of sp³-hybridized carbons (Fsp3) is 1.00. The largest absolute Gasteiger partial charge is 0.420 e. The Morgan fingerprint density at radius 2 is 1.15 bits per heavy atom. The fourth-order valence-corrected chi connectivity index (χ4v) is 13.9. The van der Waals surface area contributed by atoms with Crippen molar-refractivity contribution in [2.75, 3.05) is 0 Å². The van der Waals surface area contributed by atoms with Crippen LogP contribution in [0.15, 0.2) is 0 Å². The van der Waals surface area contributed by atoms with Crippen molar-refractivity contribution in [2.45, 2.75) is 32.6 Å². The van der Waals surface area contributed by atoms with E-state index in [1.165, 1.54) is 0 Å². The first kappa shape index (κ1) is 11.8. The van der Waals surface area contributed by atoms with E-state index in [1.54, 1.807) is 0 Å². The molecule has 0 bridgehead atoms. The number of rotatable bonds is 1. The lowest BCUT2D eigenvalue weighted by atomic mass is 11.0. The van der Waals surface area contributed by atoms with Crippen LogP contribution in [0.4, 0.5) is 0 Å².